The number of benzene rings is 2. The van der Waals surface area contributed by atoms with E-state index in [4.69, 9.17) is 0 Å². The fraction of sp³-hybridized carbons (Fsp3) is 0.227. The molecule has 0 bridgehead atoms. The van der Waals surface area contributed by atoms with E-state index in [-0.39, 0.29) is 5.91 Å². The number of hydrogen-bond donors (Lipinski definition) is 1. The normalized spacial score (nSPS) is 10.5. The van der Waals surface area contributed by atoms with Crippen LogP contribution in [-0.4, -0.2) is 22.4 Å². The van der Waals surface area contributed by atoms with Crippen molar-refractivity contribution in [2.75, 3.05) is 16.8 Å². The lowest BCUT2D eigenvalue weighted by molar-refractivity contribution is 0.0983. The second-order valence-electron chi connectivity index (χ2n) is 6.52. The molecule has 1 amide bonds. The Morgan fingerprint density at radius 1 is 1.00 bits per heavy atom. The van der Waals surface area contributed by atoms with Crippen molar-refractivity contribution < 1.29 is 4.79 Å². The van der Waals surface area contributed by atoms with Gasteiger partial charge in [0.2, 0.25) is 0 Å². The van der Waals surface area contributed by atoms with Gasteiger partial charge in [-0.3, -0.25) is 4.79 Å². The quantitative estimate of drug-likeness (QED) is 0.709. The number of amides is 1. The Bertz CT molecular complexity index is 922. The van der Waals surface area contributed by atoms with E-state index in [1.165, 1.54) is 17.3 Å². The third kappa shape index (κ3) is 4.70. The lowest BCUT2D eigenvalue weighted by atomic mass is 10.1. The fourth-order valence-corrected chi connectivity index (χ4v) is 2.92. The third-order valence-electron chi connectivity index (χ3n) is 4.30. The van der Waals surface area contributed by atoms with Gasteiger partial charge in [-0.2, -0.15) is 0 Å². The highest BCUT2D eigenvalue weighted by molar-refractivity contribution is 6.04. The molecule has 0 aliphatic heterocycles. The van der Waals surface area contributed by atoms with Crippen molar-refractivity contribution in [1.29, 1.82) is 0 Å². The zero-order chi connectivity index (χ0) is 19.2. The zero-order valence-electron chi connectivity index (χ0n) is 15.9. The van der Waals surface area contributed by atoms with Crippen LogP contribution in [0.2, 0.25) is 0 Å². The number of aryl methyl sites for hydroxylation is 2. The number of nitrogens with zero attached hydrogens (tertiary/aromatic N) is 3. The number of hydrogen-bond acceptors (Lipinski definition) is 4. The molecule has 0 unspecified atom stereocenters. The molecule has 0 spiro atoms. The highest BCUT2D eigenvalue weighted by Gasteiger charge is 2.18. The first-order valence-electron chi connectivity index (χ1n) is 9.07. The molecule has 0 aliphatic rings. The summed E-state index contributed by atoms with van der Waals surface area (Å²) in [6.45, 7) is 7.25. The summed E-state index contributed by atoms with van der Waals surface area (Å²) in [5.74, 6) is 0.493. The fourth-order valence-electron chi connectivity index (χ4n) is 2.92. The average molecular weight is 360 g/mol. The minimum atomic E-state index is -0.152. The van der Waals surface area contributed by atoms with E-state index in [1.54, 1.807) is 11.1 Å². The smallest absolute Gasteiger partial charge is 0.278 e. The first kappa shape index (κ1) is 18.6. The van der Waals surface area contributed by atoms with E-state index in [0.29, 0.717) is 24.6 Å². The predicted octanol–water partition coefficient (Wildman–Crippen LogP) is 4.37. The Morgan fingerprint density at radius 3 is 2.37 bits per heavy atom. The summed E-state index contributed by atoms with van der Waals surface area (Å²) < 4.78 is 0. The van der Waals surface area contributed by atoms with E-state index in [2.05, 4.69) is 40.4 Å². The molecule has 138 valence electrons. The molecule has 0 aliphatic carbocycles. The standard InChI is InChI=1S/C22H24N4O/c1-4-26(19-10-6-8-17(3)12-19)22(27)20-14-25-21(15-23-20)24-13-18-9-5-7-16(2)11-18/h5-12,14-15H,4,13H2,1-3H3,(H,24,25). The maximum atomic E-state index is 12.8. The van der Waals surface area contributed by atoms with Gasteiger partial charge >= 0.3 is 0 Å². The van der Waals surface area contributed by atoms with Crippen molar-refractivity contribution >= 4 is 17.4 Å². The Hall–Kier alpha value is -3.21. The molecule has 1 N–H and O–H groups in total. The van der Waals surface area contributed by atoms with Crippen molar-refractivity contribution in [3.05, 3.63) is 83.3 Å². The molecule has 0 saturated carbocycles. The molecule has 3 rings (SSSR count). The van der Waals surface area contributed by atoms with E-state index in [1.807, 2.05) is 44.2 Å². The SMILES string of the molecule is CCN(C(=O)c1cnc(NCc2cccc(C)c2)cn1)c1cccc(C)c1. The van der Waals surface area contributed by atoms with Gasteiger partial charge < -0.3 is 10.2 Å². The van der Waals surface area contributed by atoms with Crippen LogP contribution in [0.5, 0.6) is 0 Å². The zero-order valence-corrected chi connectivity index (χ0v) is 15.9. The number of anilines is 2. The number of carbonyl (C=O) groups is 1. The van der Waals surface area contributed by atoms with Gasteiger partial charge in [-0.15, -0.1) is 0 Å². The number of carbonyl (C=O) groups excluding carboxylic acids is 1. The second kappa shape index (κ2) is 8.45. The van der Waals surface area contributed by atoms with Crippen LogP contribution in [0.3, 0.4) is 0 Å². The van der Waals surface area contributed by atoms with Crippen LogP contribution in [0, 0.1) is 13.8 Å². The molecular weight excluding hydrogens is 336 g/mol. The Balaban J connectivity index is 1.69. The summed E-state index contributed by atoms with van der Waals surface area (Å²) in [5, 5.41) is 3.24. The van der Waals surface area contributed by atoms with Crippen LogP contribution in [0.4, 0.5) is 11.5 Å². The lowest BCUT2D eigenvalue weighted by Crippen LogP contribution is -2.31. The van der Waals surface area contributed by atoms with E-state index in [9.17, 15) is 4.79 Å². The molecular formula is C22H24N4O. The lowest BCUT2D eigenvalue weighted by Gasteiger charge is -2.21. The van der Waals surface area contributed by atoms with Gasteiger partial charge in [0, 0.05) is 18.8 Å². The van der Waals surface area contributed by atoms with Gasteiger partial charge in [-0.1, -0.05) is 42.0 Å². The number of rotatable bonds is 6. The summed E-state index contributed by atoms with van der Waals surface area (Å²) in [6.07, 6.45) is 3.13. The van der Waals surface area contributed by atoms with E-state index >= 15 is 0 Å². The molecule has 2 aromatic carbocycles. The number of aromatic nitrogens is 2. The van der Waals surface area contributed by atoms with Gasteiger partial charge in [0.15, 0.2) is 0 Å². The topological polar surface area (TPSA) is 58.1 Å². The van der Waals surface area contributed by atoms with Crippen LogP contribution in [0.25, 0.3) is 0 Å². The Kier molecular flexibility index (Phi) is 5.81. The minimum absolute atomic E-state index is 0.152. The molecule has 0 atom stereocenters. The molecule has 27 heavy (non-hydrogen) atoms. The average Bonchev–Trinajstić information content (AvgIpc) is 2.67. The van der Waals surface area contributed by atoms with Crippen LogP contribution in [0.15, 0.2) is 60.9 Å². The second-order valence-corrected chi connectivity index (χ2v) is 6.52. The van der Waals surface area contributed by atoms with Crippen LogP contribution in [0.1, 0.15) is 34.1 Å². The van der Waals surface area contributed by atoms with Crippen molar-refractivity contribution in [2.45, 2.75) is 27.3 Å². The first-order valence-corrected chi connectivity index (χ1v) is 9.07. The largest absolute Gasteiger partial charge is 0.365 e. The summed E-state index contributed by atoms with van der Waals surface area (Å²) in [7, 11) is 0. The maximum Gasteiger partial charge on any atom is 0.278 e. The van der Waals surface area contributed by atoms with Crippen LogP contribution >= 0.6 is 0 Å². The van der Waals surface area contributed by atoms with Gasteiger partial charge in [-0.05, 0) is 44.0 Å². The molecule has 0 radical (unpaired) electrons. The number of nitrogens with one attached hydrogen (secondary N) is 1. The van der Waals surface area contributed by atoms with Gasteiger partial charge in [0.25, 0.3) is 5.91 Å². The maximum absolute atomic E-state index is 12.8. The summed E-state index contributed by atoms with van der Waals surface area (Å²) >= 11 is 0. The third-order valence-corrected chi connectivity index (χ3v) is 4.30. The summed E-state index contributed by atoms with van der Waals surface area (Å²) in [4.78, 5) is 23.2. The van der Waals surface area contributed by atoms with E-state index in [0.717, 1.165) is 11.3 Å². The molecule has 5 nitrogen and oxygen atoms in total. The highest BCUT2D eigenvalue weighted by Crippen LogP contribution is 2.18. The van der Waals surface area contributed by atoms with Crippen molar-refractivity contribution in [2.24, 2.45) is 0 Å². The van der Waals surface area contributed by atoms with Crippen molar-refractivity contribution in [1.82, 2.24) is 9.97 Å². The molecule has 0 saturated heterocycles. The Labute approximate surface area is 160 Å². The molecule has 0 fully saturated rings. The molecule has 5 heteroatoms. The first-order chi connectivity index (χ1) is 13.1. The van der Waals surface area contributed by atoms with Gasteiger partial charge in [0.1, 0.15) is 11.5 Å². The monoisotopic (exact) mass is 360 g/mol. The van der Waals surface area contributed by atoms with Gasteiger partial charge in [0.05, 0.1) is 12.4 Å². The molecule has 1 heterocycles. The summed E-state index contributed by atoms with van der Waals surface area (Å²) in [6, 6.07) is 16.2. The predicted molar refractivity (Wildman–Crippen MR) is 109 cm³/mol. The van der Waals surface area contributed by atoms with E-state index < -0.39 is 0 Å². The molecule has 3 aromatic rings. The minimum Gasteiger partial charge on any atom is -0.365 e. The molecule has 1 aromatic heterocycles. The van der Waals surface area contributed by atoms with Crippen molar-refractivity contribution in [3.63, 3.8) is 0 Å². The van der Waals surface area contributed by atoms with Crippen LogP contribution < -0.4 is 10.2 Å². The van der Waals surface area contributed by atoms with Crippen LogP contribution in [-0.2, 0) is 6.54 Å². The highest BCUT2D eigenvalue weighted by atomic mass is 16.2. The Morgan fingerprint density at radius 2 is 1.74 bits per heavy atom. The van der Waals surface area contributed by atoms with Gasteiger partial charge in [-0.25, -0.2) is 9.97 Å². The summed E-state index contributed by atoms with van der Waals surface area (Å²) in [5.41, 5.74) is 4.71. The van der Waals surface area contributed by atoms with Crippen molar-refractivity contribution in [3.8, 4) is 0 Å².